The second-order valence-corrected chi connectivity index (χ2v) is 5.41. The van der Waals surface area contributed by atoms with Gasteiger partial charge in [0, 0.05) is 17.7 Å². The van der Waals surface area contributed by atoms with Gasteiger partial charge in [-0.2, -0.15) is 0 Å². The van der Waals surface area contributed by atoms with Gasteiger partial charge in [-0.1, -0.05) is 11.6 Å². The molecule has 9 heteroatoms. The Morgan fingerprint density at radius 2 is 2.04 bits per heavy atom. The van der Waals surface area contributed by atoms with E-state index in [-0.39, 0.29) is 27.4 Å². The van der Waals surface area contributed by atoms with E-state index in [1.165, 1.54) is 18.2 Å². The molecule has 0 spiro atoms. The van der Waals surface area contributed by atoms with Crippen molar-refractivity contribution in [2.45, 2.75) is 0 Å². The van der Waals surface area contributed by atoms with E-state index >= 15 is 0 Å². The number of carbonyl (C=O) groups excluding carboxylic acids is 1. The molecule has 1 amide bonds. The zero-order valence-electron chi connectivity index (χ0n) is 11.3. The molecular formula is C14H8ClN3O4S. The molecule has 0 atom stereocenters. The lowest BCUT2D eigenvalue weighted by molar-refractivity contribution is -0.384. The van der Waals surface area contributed by atoms with Gasteiger partial charge in [0.05, 0.1) is 4.92 Å². The molecule has 0 unspecified atom stereocenters. The summed E-state index contributed by atoms with van der Waals surface area (Å²) in [7, 11) is 0. The number of furan rings is 1. The number of halogens is 1. The lowest BCUT2D eigenvalue weighted by atomic mass is 10.1. The predicted molar refractivity (Wildman–Crippen MR) is 87.7 cm³/mol. The molecule has 1 aromatic carbocycles. The van der Waals surface area contributed by atoms with Crippen LogP contribution in [0, 0.1) is 10.1 Å². The highest BCUT2D eigenvalue weighted by molar-refractivity contribution is 7.80. The summed E-state index contributed by atoms with van der Waals surface area (Å²) in [5.41, 5.74) is 0.561. The van der Waals surface area contributed by atoms with Crippen molar-refractivity contribution >= 4 is 46.6 Å². The Labute approximate surface area is 140 Å². The molecule has 1 aliphatic heterocycles. The standard InChI is InChI=1S/C14H8ClN3O4S/c15-9-3-1-7(5-11(9)18(20)21)12-4-2-8(22-12)6-10-13(19)17-14(23)16-10/h1-6H,(H2,16,17,19,23). The van der Waals surface area contributed by atoms with Gasteiger partial charge in [0.15, 0.2) is 5.11 Å². The first-order chi connectivity index (χ1) is 10.9. The van der Waals surface area contributed by atoms with Crippen molar-refractivity contribution in [1.82, 2.24) is 10.6 Å². The van der Waals surface area contributed by atoms with E-state index in [2.05, 4.69) is 10.6 Å². The molecule has 1 aromatic heterocycles. The van der Waals surface area contributed by atoms with Crippen LogP contribution >= 0.6 is 23.8 Å². The zero-order chi connectivity index (χ0) is 16.6. The first-order valence-electron chi connectivity index (χ1n) is 6.32. The first-order valence-corrected chi connectivity index (χ1v) is 7.11. The molecule has 0 radical (unpaired) electrons. The molecule has 0 bridgehead atoms. The number of nitrogens with one attached hydrogen (secondary N) is 2. The third kappa shape index (κ3) is 3.08. The number of nitro groups is 1. The Bertz CT molecular complexity index is 875. The summed E-state index contributed by atoms with van der Waals surface area (Å²) in [6.07, 6.45) is 1.49. The second-order valence-electron chi connectivity index (χ2n) is 4.59. The number of thiocarbonyl (C=S) groups is 1. The van der Waals surface area contributed by atoms with Crippen molar-refractivity contribution in [3.8, 4) is 11.3 Å². The molecule has 0 saturated carbocycles. The molecule has 2 N–H and O–H groups in total. The van der Waals surface area contributed by atoms with Gasteiger partial charge in [0.25, 0.3) is 11.6 Å². The van der Waals surface area contributed by atoms with Crippen LogP contribution in [0.1, 0.15) is 5.76 Å². The Balaban J connectivity index is 1.92. The van der Waals surface area contributed by atoms with E-state index in [1.807, 2.05) is 0 Å². The molecule has 2 aromatic rings. The van der Waals surface area contributed by atoms with Crippen LogP contribution in [0.4, 0.5) is 5.69 Å². The smallest absolute Gasteiger partial charge is 0.288 e. The normalized spacial score (nSPS) is 15.6. The topological polar surface area (TPSA) is 97.4 Å². The summed E-state index contributed by atoms with van der Waals surface area (Å²) in [6.45, 7) is 0. The van der Waals surface area contributed by atoms with E-state index in [0.717, 1.165) is 0 Å². The number of nitro benzene ring substituents is 1. The number of hydrogen-bond donors (Lipinski definition) is 2. The largest absolute Gasteiger partial charge is 0.457 e. The van der Waals surface area contributed by atoms with Gasteiger partial charge in [0.2, 0.25) is 0 Å². The number of amides is 1. The van der Waals surface area contributed by atoms with Crippen molar-refractivity contribution in [2.24, 2.45) is 0 Å². The monoisotopic (exact) mass is 349 g/mol. The summed E-state index contributed by atoms with van der Waals surface area (Å²) in [5, 5.41) is 16.3. The minimum Gasteiger partial charge on any atom is -0.457 e. The molecule has 1 fully saturated rings. The average Bonchev–Trinajstić information content (AvgIpc) is 3.06. The number of nitrogens with zero attached hydrogens (tertiary/aromatic N) is 1. The van der Waals surface area contributed by atoms with E-state index in [9.17, 15) is 14.9 Å². The predicted octanol–water partition coefficient (Wildman–Crippen LogP) is 2.85. The maximum absolute atomic E-state index is 11.6. The van der Waals surface area contributed by atoms with Crippen molar-refractivity contribution in [3.05, 3.63) is 56.9 Å². The Kier molecular flexibility index (Phi) is 3.85. The molecule has 0 aliphatic carbocycles. The Morgan fingerprint density at radius 3 is 2.70 bits per heavy atom. The lowest BCUT2D eigenvalue weighted by Gasteiger charge is -1.99. The molecule has 7 nitrogen and oxygen atoms in total. The van der Waals surface area contributed by atoms with Gasteiger partial charge in [-0.25, -0.2) is 0 Å². The van der Waals surface area contributed by atoms with E-state index < -0.39 is 4.92 Å². The lowest BCUT2D eigenvalue weighted by Crippen LogP contribution is -2.21. The maximum atomic E-state index is 11.6. The zero-order valence-corrected chi connectivity index (χ0v) is 12.9. The summed E-state index contributed by atoms with van der Waals surface area (Å²) in [6, 6.07) is 7.65. The van der Waals surface area contributed by atoms with Gasteiger partial charge in [0.1, 0.15) is 22.2 Å². The van der Waals surface area contributed by atoms with Crippen LogP contribution in [-0.4, -0.2) is 15.9 Å². The average molecular weight is 350 g/mol. The number of rotatable bonds is 3. The minimum atomic E-state index is -0.564. The van der Waals surface area contributed by atoms with Crippen LogP contribution in [0.2, 0.25) is 5.02 Å². The minimum absolute atomic E-state index is 0.0491. The molecule has 1 aliphatic rings. The number of benzene rings is 1. The van der Waals surface area contributed by atoms with Crippen LogP contribution in [0.15, 0.2) is 40.4 Å². The molecule has 116 valence electrons. The van der Waals surface area contributed by atoms with Crippen LogP contribution in [-0.2, 0) is 4.79 Å². The quantitative estimate of drug-likeness (QED) is 0.383. The van der Waals surface area contributed by atoms with Crippen LogP contribution < -0.4 is 10.6 Å². The number of carbonyl (C=O) groups is 1. The van der Waals surface area contributed by atoms with Crippen molar-refractivity contribution in [1.29, 1.82) is 0 Å². The fourth-order valence-electron chi connectivity index (χ4n) is 2.02. The van der Waals surface area contributed by atoms with Gasteiger partial charge in [-0.15, -0.1) is 0 Å². The van der Waals surface area contributed by atoms with Gasteiger partial charge < -0.3 is 9.73 Å². The summed E-state index contributed by atoms with van der Waals surface area (Å²) >= 11 is 10.6. The fraction of sp³-hybridized carbons (Fsp3) is 0. The number of hydrogen-bond acceptors (Lipinski definition) is 5. The molecule has 1 saturated heterocycles. The van der Waals surface area contributed by atoms with E-state index in [4.69, 9.17) is 28.2 Å². The van der Waals surface area contributed by atoms with Crippen molar-refractivity contribution in [2.75, 3.05) is 0 Å². The Morgan fingerprint density at radius 1 is 1.26 bits per heavy atom. The SMILES string of the molecule is O=C1NC(=S)NC1=Cc1ccc(-c2ccc(Cl)c([N+](=O)[O-])c2)o1. The molecule has 23 heavy (non-hydrogen) atoms. The summed E-state index contributed by atoms with van der Waals surface area (Å²) < 4.78 is 5.58. The fourth-order valence-corrected chi connectivity index (χ4v) is 2.41. The first kappa shape index (κ1) is 15.2. The highest BCUT2D eigenvalue weighted by atomic mass is 35.5. The summed E-state index contributed by atoms with van der Waals surface area (Å²) in [4.78, 5) is 21.9. The molecule has 3 rings (SSSR count). The van der Waals surface area contributed by atoms with Crippen LogP contribution in [0.25, 0.3) is 17.4 Å². The highest BCUT2D eigenvalue weighted by Gasteiger charge is 2.21. The van der Waals surface area contributed by atoms with Gasteiger partial charge in [-0.05, 0) is 36.5 Å². The van der Waals surface area contributed by atoms with Crippen LogP contribution in [0.3, 0.4) is 0 Å². The summed E-state index contributed by atoms with van der Waals surface area (Å²) in [5.74, 6) is 0.465. The van der Waals surface area contributed by atoms with Gasteiger partial charge in [-0.3, -0.25) is 20.2 Å². The van der Waals surface area contributed by atoms with Crippen molar-refractivity contribution < 1.29 is 14.1 Å². The van der Waals surface area contributed by atoms with E-state index in [0.29, 0.717) is 17.1 Å². The highest BCUT2D eigenvalue weighted by Crippen LogP contribution is 2.31. The van der Waals surface area contributed by atoms with E-state index in [1.54, 1.807) is 18.2 Å². The third-order valence-corrected chi connectivity index (χ3v) is 3.58. The third-order valence-electron chi connectivity index (χ3n) is 3.06. The van der Waals surface area contributed by atoms with Gasteiger partial charge >= 0.3 is 0 Å². The van der Waals surface area contributed by atoms with Crippen LogP contribution in [0.5, 0.6) is 0 Å². The Hall–Kier alpha value is -2.71. The van der Waals surface area contributed by atoms with Crippen molar-refractivity contribution in [3.63, 3.8) is 0 Å². The molecule has 2 heterocycles. The second kappa shape index (κ2) is 5.82. The maximum Gasteiger partial charge on any atom is 0.288 e. The molecular weight excluding hydrogens is 342 g/mol.